The summed E-state index contributed by atoms with van der Waals surface area (Å²) in [6.45, 7) is 8.28. The molecular weight excluding hydrogens is 258 g/mol. The van der Waals surface area contributed by atoms with E-state index in [2.05, 4.69) is 27.2 Å². The van der Waals surface area contributed by atoms with Crippen molar-refractivity contribution in [1.29, 1.82) is 0 Å². The normalized spacial score (nSPS) is 18.6. The largest absolute Gasteiger partial charge is 0.467 e. The quantitative estimate of drug-likeness (QED) is 0.614. The smallest absolute Gasteiger partial charge is 0.329 e. The molecule has 0 bridgehead atoms. The average molecular weight is 285 g/mol. The fourth-order valence-electron chi connectivity index (χ4n) is 2.53. The molecule has 20 heavy (non-hydrogen) atoms. The van der Waals surface area contributed by atoms with E-state index in [9.17, 15) is 9.59 Å². The first kappa shape index (κ1) is 16.9. The van der Waals surface area contributed by atoms with E-state index in [-0.39, 0.29) is 5.91 Å². The molecule has 1 amide bonds. The second-order valence-corrected chi connectivity index (χ2v) is 5.55. The van der Waals surface area contributed by atoms with Gasteiger partial charge in [-0.15, -0.1) is 0 Å². The fourth-order valence-corrected chi connectivity index (χ4v) is 2.53. The number of hydrogen-bond acceptors (Lipinski definition) is 5. The van der Waals surface area contributed by atoms with Crippen LogP contribution >= 0.6 is 0 Å². The molecule has 0 aromatic rings. The highest BCUT2D eigenvalue weighted by Gasteiger charge is 2.20. The van der Waals surface area contributed by atoms with E-state index in [4.69, 9.17) is 0 Å². The number of esters is 1. The molecule has 0 aromatic heterocycles. The summed E-state index contributed by atoms with van der Waals surface area (Å²) in [5, 5.41) is 5.83. The molecule has 0 spiro atoms. The lowest BCUT2D eigenvalue weighted by Crippen LogP contribution is -2.48. The molecule has 116 valence electrons. The molecule has 0 aliphatic carbocycles. The summed E-state index contributed by atoms with van der Waals surface area (Å²) in [6.07, 6.45) is 2.60. The van der Waals surface area contributed by atoms with Crippen molar-refractivity contribution >= 4 is 11.9 Å². The van der Waals surface area contributed by atoms with E-state index in [0.717, 1.165) is 13.1 Å². The van der Waals surface area contributed by atoms with Crippen LogP contribution in [0.2, 0.25) is 0 Å². The molecule has 1 heterocycles. The van der Waals surface area contributed by atoms with Crippen molar-refractivity contribution in [3.8, 4) is 0 Å². The molecule has 0 aromatic carbocycles. The summed E-state index contributed by atoms with van der Waals surface area (Å²) in [4.78, 5) is 25.0. The molecule has 0 saturated carbocycles. The number of methoxy groups -OCH3 is 1. The second-order valence-electron chi connectivity index (χ2n) is 5.55. The van der Waals surface area contributed by atoms with Crippen LogP contribution in [0.1, 0.15) is 26.7 Å². The third kappa shape index (κ3) is 6.34. The van der Waals surface area contributed by atoms with Gasteiger partial charge in [0.15, 0.2) is 0 Å². The number of carbonyl (C=O) groups is 2. The maximum atomic E-state index is 11.5. The summed E-state index contributed by atoms with van der Waals surface area (Å²) < 4.78 is 4.68. The summed E-state index contributed by atoms with van der Waals surface area (Å²) in [5.74, 6) is -0.129. The topological polar surface area (TPSA) is 70.7 Å². The van der Waals surface area contributed by atoms with Crippen LogP contribution in [0.25, 0.3) is 0 Å². The summed E-state index contributed by atoms with van der Waals surface area (Å²) in [7, 11) is 1.33. The first-order valence-electron chi connectivity index (χ1n) is 7.31. The molecule has 0 radical (unpaired) electrons. The van der Waals surface area contributed by atoms with Gasteiger partial charge in [-0.1, -0.05) is 6.92 Å². The van der Waals surface area contributed by atoms with Gasteiger partial charge in [-0.05, 0) is 38.4 Å². The van der Waals surface area contributed by atoms with Gasteiger partial charge in [-0.3, -0.25) is 4.79 Å². The van der Waals surface area contributed by atoms with Crippen LogP contribution < -0.4 is 10.6 Å². The van der Waals surface area contributed by atoms with Gasteiger partial charge in [-0.2, -0.15) is 0 Å². The highest BCUT2D eigenvalue weighted by molar-refractivity contribution is 5.83. The Hall–Kier alpha value is -1.14. The molecule has 2 atom stereocenters. The van der Waals surface area contributed by atoms with Crippen LogP contribution in [0.15, 0.2) is 0 Å². The van der Waals surface area contributed by atoms with Gasteiger partial charge in [0.2, 0.25) is 5.91 Å². The number of ether oxygens (including phenoxy) is 1. The highest BCUT2D eigenvalue weighted by Crippen LogP contribution is 2.09. The molecule has 2 N–H and O–H groups in total. The van der Waals surface area contributed by atoms with Crippen molar-refractivity contribution < 1.29 is 14.3 Å². The molecule has 1 rings (SSSR count). The van der Waals surface area contributed by atoms with E-state index in [1.807, 2.05) is 0 Å². The first-order valence-corrected chi connectivity index (χ1v) is 7.31. The Morgan fingerprint density at radius 3 is 2.45 bits per heavy atom. The van der Waals surface area contributed by atoms with Crippen molar-refractivity contribution in [2.24, 2.45) is 5.92 Å². The fraction of sp³-hybridized carbons (Fsp3) is 0.857. The maximum Gasteiger partial charge on any atom is 0.329 e. The monoisotopic (exact) mass is 285 g/mol. The van der Waals surface area contributed by atoms with Gasteiger partial charge < -0.3 is 20.3 Å². The Balaban J connectivity index is 2.24. The summed E-state index contributed by atoms with van der Waals surface area (Å²) in [6, 6.07) is -0.614. The predicted octanol–water partition coefficient (Wildman–Crippen LogP) is -0.0144. The minimum atomic E-state index is -0.614. The third-order valence-corrected chi connectivity index (χ3v) is 3.47. The van der Waals surface area contributed by atoms with Crippen molar-refractivity contribution in [3.63, 3.8) is 0 Å². The van der Waals surface area contributed by atoms with Crippen molar-refractivity contribution in [2.75, 3.05) is 39.8 Å². The zero-order valence-corrected chi connectivity index (χ0v) is 12.8. The van der Waals surface area contributed by atoms with Gasteiger partial charge in [0, 0.05) is 20.0 Å². The Labute approximate surface area is 121 Å². The van der Waals surface area contributed by atoms with Crippen LogP contribution in [0, 0.1) is 5.92 Å². The number of nitrogens with one attached hydrogen (secondary N) is 2. The number of carbonyl (C=O) groups excluding carboxylic acids is 2. The Bertz CT molecular complexity index is 317. The van der Waals surface area contributed by atoms with Gasteiger partial charge in [0.1, 0.15) is 6.04 Å². The molecule has 2 unspecified atom stereocenters. The van der Waals surface area contributed by atoms with Crippen molar-refractivity contribution in [1.82, 2.24) is 15.5 Å². The molecule has 6 nitrogen and oxygen atoms in total. The van der Waals surface area contributed by atoms with Crippen LogP contribution in [-0.2, 0) is 14.3 Å². The van der Waals surface area contributed by atoms with E-state index in [0.29, 0.717) is 12.5 Å². The Morgan fingerprint density at radius 2 is 1.90 bits per heavy atom. The van der Waals surface area contributed by atoms with E-state index >= 15 is 0 Å². The van der Waals surface area contributed by atoms with Gasteiger partial charge >= 0.3 is 5.97 Å². The molecule has 1 aliphatic rings. The SMILES string of the molecule is COC(=O)C(CNCC(C)CN1CCCC1)NC(C)=O. The van der Waals surface area contributed by atoms with Crippen molar-refractivity contribution in [3.05, 3.63) is 0 Å². The molecule has 1 saturated heterocycles. The highest BCUT2D eigenvalue weighted by atomic mass is 16.5. The van der Waals surface area contributed by atoms with Gasteiger partial charge in [0.25, 0.3) is 0 Å². The number of nitrogens with zero attached hydrogens (tertiary/aromatic N) is 1. The average Bonchev–Trinajstić information content (AvgIpc) is 2.89. The third-order valence-electron chi connectivity index (χ3n) is 3.47. The number of amides is 1. The van der Waals surface area contributed by atoms with Gasteiger partial charge in [0.05, 0.1) is 7.11 Å². The maximum absolute atomic E-state index is 11.5. The Kier molecular flexibility index (Phi) is 7.54. The lowest BCUT2D eigenvalue weighted by atomic mass is 10.1. The Morgan fingerprint density at radius 1 is 1.25 bits per heavy atom. The molecule has 6 heteroatoms. The standard InChI is InChI=1S/C14H27N3O3/c1-11(10-17-6-4-5-7-17)8-15-9-13(14(19)20-3)16-12(2)18/h11,13,15H,4-10H2,1-3H3,(H,16,18). The van der Waals surface area contributed by atoms with Crippen molar-refractivity contribution in [2.45, 2.75) is 32.7 Å². The number of rotatable bonds is 8. The minimum absolute atomic E-state index is 0.229. The van der Waals surface area contributed by atoms with Gasteiger partial charge in [-0.25, -0.2) is 4.79 Å². The van der Waals surface area contributed by atoms with Crippen LogP contribution in [0.5, 0.6) is 0 Å². The van der Waals surface area contributed by atoms with Crippen LogP contribution in [-0.4, -0.2) is 62.7 Å². The summed E-state index contributed by atoms with van der Waals surface area (Å²) >= 11 is 0. The minimum Gasteiger partial charge on any atom is -0.467 e. The predicted molar refractivity (Wildman–Crippen MR) is 77.3 cm³/mol. The van der Waals surface area contributed by atoms with Crippen LogP contribution in [0.3, 0.4) is 0 Å². The zero-order valence-electron chi connectivity index (χ0n) is 12.8. The zero-order chi connectivity index (χ0) is 15.0. The lowest BCUT2D eigenvalue weighted by Gasteiger charge is -2.22. The number of hydrogen-bond donors (Lipinski definition) is 2. The summed E-state index contributed by atoms with van der Waals surface area (Å²) in [5.41, 5.74) is 0. The van der Waals surface area contributed by atoms with E-state index < -0.39 is 12.0 Å². The molecular formula is C14H27N3O3. The number of likely N-dealkylation sites (tertiary alicyclic amines) is 1. The van der Waals surface area contributed by atoms with E-state index in [1.165, 1.54) is 40.0 Å². The van der Waals surface area contributed by atoms with Crippen LogP contribution in [0.4, 0.5) is 0 Å². The second kappa shape index (κ2) is 8.92. The van der Waals surface area contributed by atoms with E-state index in [1.54, 1.807) is 0 Å². The molecule has 1 fully saturated rings. The first-order chi connectivity index (χ1) is 9.52. The molecule has 1 aliphatic heterocycles. The lowest BCUT2D eigenvalue weighted by molar-refractivity contribution is -0.144.